The normalized spacial score (nSPS) is 16.6. The van der Waals surface area contributed by atoms with Gasteiger partial charge in [0.15, 0.2) is 5.84 Å². The molecule has 1 heterocycles. The molecule has 1 aromatic carbocycles. The first-order valence-corrected chi connectivity index (χ1v) is 8.42. The molecule has 0 bridgehead atoms. The summed E-state index contributed by atoms with van der Waals surface area (Å²) in [6, 6.07) is 7.79. The number of halogens is 6. The molecule has 1 aliphatic rings. The number of hydrogen-bond acceptors (Lipinski definition) is 2. The monoisotopic (exact) mass is 416 g/mol. The van der Waals surface area contributed by atoms with Crippen molar-refractivity contribution in [3.05, 3.63) is 47.2 Å². The Hall–Kier alpha value is 0.0400. The molecule has 1 aromatic rings. The molecule has 0 spiro atoms. The Balaban J connectivity index is 2.50. The summed E-state index contributed by atoms with van der Waals surface area (Å²) >= 11 is 35.4. The molecule has 2 rings (SSSR count). The molecule has 0 saturated heterocycles. The Labute approximate surface area is 158 Å². The Bertz CT molecular complexity index is 647. The first-order valence-electron chi connectivity index (χ1n) is 6.15. The first-order chi connectivity index (χ1) is 10.1. The maximum atomic E-state index is 5.91. The van der Waals surface area contributed by atoms with Gasteiger partial charge in [-0.2, -0.15) is 0 Å². The smallest absolute Gasteiger partial charge is 0.233 e. The highest BCUT2D eigenvalue weighted by atomic mass is 35.6. The van der Waals surface area contributed by atoms with Crippen LogP contribution in [0.5, 0.6) is 0 Å². The van der Waals surface area contributed by atoms with Crippen molar-refractivity contribution < 1.29 is 0 Å². The Morgan fingerprint density at radius 3 is 1.95 bits per heavy atom. The topological polar surface area (TPSA) is 24.7 Å². The van der Waals surface area contributed by atoms with Crippen LogP contribution in [0.2, 0.25) is 0 Å². The molecule has 0 N–H and O–H groups in total. The van der Waals surface area contributed by atoms with Crippen molar-refractivity contribution in [1.82, 2.24) is 0 Å². The molecule has 22 heavy (non-hydrogen) atoms. The van der Waals surface area contributed by atoms with Crippen molar-refractivity contribution in [3.63, 3.8) is 0 Å². The lowest BCUT2D eigenvalue weighted by atomic mass is 10.1. The second-order valence-electron chi connectivity index (χ2n) is 4.65. The van der Waals surface area contributed by atoms with E-state index in [0.29, 0.717) is 12.1 Å². The van der Waals surface area contributed by atoms with Gasteiger partial charge in [-0.1, -0.05) is 106 Å². The predicted molar refractivity (Wildman–Crippen MR) is 98.4 cm³/mol. The molecule has 118 valence electrons. The van der Waals surface area contributed by atoms with E-state index in [9.17, 15) is 0 Å². The van der Waals surface area contributed by atoms with Gasteiger partial charge >= 0.3 is 0 Å². The van der Waals surface area contributed by atoms with Crippen LogP contribution in [0, 0.1) is 6.92 Å². The van der Waals surface area contributed by atoms with Crippen LogP contribution in [0.4, 0.5) is 0 Å². The molecule has 1 aliphatic heterocycles. The van der Waals surface area contributed by atoms with E-state index in [1.165, 1.54) is 0 Å². The molecule has 0 aliphatic carbocycles. The van der Waals surface area contributed by atoms with Gasteiger partial charge in [0, 0.05) is 6.42 Å². The zero-order valence-electron chi connectivity index (χ0n) is 11.3. The van der Waals surface area contributed by atoms with Crippen LogP contribution in [0.3, 0.4) is 0 Å². The summed E-state index contributed by atoms with van der Waals surface area (Å²) in [5.74, 6) is -0.0387. The zero-order valence-corrected chi connectivity index (χ0v) is 15.8. The lowest BCUT2D eigenvalue weighted by Crippen LogP contribution is -2.19. The number of benzene rings is 1. The fraction of sp³-hybridized carbons (Fsp3) is 0.286. The number of alkyl halides is 6. The molecule has 0 unspecified atom stereocenters. The maximum Gasteiger partial charge on any atom is 0.250 e. The summed E-state index contributed by atoms with van der Waals surface area (Å²) in [5.41, 5.74) is 2.86. The molecule has 0 atom stereocenters. The third-order valence-corrected chi connectivity index (χ3v) is 3.97. The van der Waals surface area contributed by atoms with E-state index in [4.69, 9.17) is 69.6 Å². The SMILES string of the molecule is Cc1ccc(C2=NC(C(Cl)(Cl)Cl)=NC(C(Cl)(Cl)Cl)=CC2)cc1. The third-order valence-electron chi connectivity index (χ3n) is 2.88. The van der Waals surface area contributed by atoms with Crippen molar-refractivity contribution in [2.24, 2.45) is 9.98 Å². The van der Waals surface area contributed by atoms with Crippen molar-refractivity contribution in [2.75, 3.05) is 0 Å². The van der Waals surface area contributed by atoms with E-state index in [0.717, 1.165) is 11.1 Å². The average molecular weight is 419 g/mol. The predicted octanol–water partition coefficient (Wildman–Crippen LogP) is 6.21. The Morgan fingerprint density at radius 1 is 0.864 bits per heavy atom. The van der Waals surface area contributed by atoms with Crippen molar-refractivity contribution in [3.8, 4) is 0 Å². The molecule has 0 radical (unpaired) electrons. The van der Waals surface area contributed by atoms with Crippen LogP contribution in [-0.4, -0.2) is 19.1 Å². The number of nitrogens with zero attached hydrogens (tertiary/aromatic N) is 2. The number of hydrogen-bond donors (Lipinski definition) is 0. The van der Waals surface area contributed by atoms with Crippen molar-refractivity contribution in [1.29, 1.82) is 0 Å². The van der Waals surface area contributed by atoms with E-state index >= 15 is 0 Å². The van der Waals surface area contributed by atoms with Crippen LogP contribution >= 0.6 is 69.6 Å². The minimum Gasteiger partial charge on any atom is -0.233 e. The number of rotatable bonds is 1. The fourth-order valence-electron chi connectivity index (χ4n) is 1.79. The maximum absolute atomic E-state index is 5.91. The van der Waals surface area contributed by atoms with Gasteiger partial charge in [-0.15, -0.1) is 0 Å². The highest BCUT2D eigenvalue weighted by Gasteiger charge is 2.34. The van der Waals surface area contributed by atoms with Gasteiger partial charge < -0.3 is 0 Å². The van der Waals surface area contributed by atoms with Gasteiger partial charge in [-0.05, 0) is 12.5 Å². The van der Waals surface area contributed by atoms with Gasteiger partial charge in [-0.3, -0.25) is 0 Å². The third kappa shape index (κ3) is 4.77. The minimum atomic E-state index is -1.82. The number of aliphatic imine (C=N–C) groups is 2. The summed E-state index contributed by atoms with van der Waals surface area (Å²) in [7, 11) is 0. The fourth-order valence-corrected chi connectivity index (χ4v) is 2.40. The Morgan fingerprint density at radius 2 is 1.45 bits per heavy atom. The first kappa shape index (κ1) is 18.4. The summed E-state index contributed by atoms with van der Waals surface area (Å²) in [6.45, 7) is 1.99. The van der Waals surface area contributed by atoms with Gasteiger partial charge in [0.05, 0.1) is 11.4 Å². The van der Waals surface area contributed by atoms with Crippen molar-refractivity contribution >= 4 is 81.2 Å². The summed E-state index contributed by atoms with van der Waals surface area (Å²) < 4.78 is -3.55. The van der Waals surface area contributed by atoms with Crippen LogP contribution in [-0.2, 0) is 0 Å². The summed E-state index contributed by atoms with van der Waals surface area (Å²) in [4.78, 5) is 8.46. The second-order valence-corrected chi connectivity index (χ2v) is 9.21. The molecule has 0 aromatic heterocycles. The zero-order chi connectivity index (χ0) is 16.5. The lowest BCUT2D eigenvalue weighted by molar-refractivity contribution is 1.15. The molecule has 0 saturated carbocycles. The molecule has 8 heteroatoms. The average Bonchev–Trinajstić information content (AvgIpc) is 2.61. The van der Waals surface area contributed by atoms with E-state index in [2.05, 4.69) is 9.98 Å². The largest absolute Gasteiger partial charge is 0.250 e. The van der Waals surface area contributed by atoms with Crippen LogP contribution in [0.15, 0.2) is 46.0 Å². The van der Waals surface area contributed by atoms with Crippen LogP contribution < -0.4 is 0 Å². The Kier molecular flexibility index (Phi) is 5.75. The van der Waals surface area contributed by atoms with Gasteiger partial charge in [0.25, 0.3) is 0 Å². The van der Waals surface area contributed by atoms with Crippen LogP contribution in [0.25, 0.3) is 0 Å². The van der Waals surface area contributed by atoms with Crippen LogP contribution in [0.1, 0.15) is 17.5 Å². The number of aryl methyl sites for hydroxylation is 1. The van der Waals surface area contributed by atoms with Crippen molar-refractivity contribution in [2.45, 2.75) is 20.9 Å². The van der Waals surface area contributed by atoms with E-state index in [1.807, 2.05) is 31.2 Å². The van der Waals surface area contributed by atoms with E-state index in [-0.39, 0.29) is 11.5 Å². The summed E-state index contributed by atoms with van der Waals surface area (Å²) in [6.07, 6.45) is 2.06. The molecular formula is C14H10Cl6N2. The van der Waals surface area contributed by atoms with Gasteiger partial charge in [-0.25, -0.2) is 9.98 Å². The molecule has 0 fully saturated rings. The second kappa shape index (κ2) is 6.88. The lowest BCUT2D eigenvalue weighted by Gasteiger charge is -2.14. The number of allylic oxidation sites excluding steroid dienone is 2. The van der Waals surface area contributed by atoms with Gasteiger partial charge in [0.2, 0.25) is 7.59 Å². The molecule has 2 nitrogen and oxygen atoms in total. The van der Waals surface area contributed by atoms with E-state index < -0.39 is 7.59 Å². The number of amidine groups is 1. The molecular weight excluding hydrogens is 409 g/mol. The standard InChI is InChI=1S/C14H10Cl6N2/c1-8-2-4-9(5-3-8)10-6-7-11(13(15,16)17)22-12(21-10)14(18,19)20/h2-5,7H,6H2,1H3. The highest BCUT2D eigenvalue weighted by molar-refractivity contribution is 6.77. The quantitative estimate of drug-likeness (QED) is 0.484. The van der Waals surface area contributed by atoms with Gasteiger partial charge in [0.1, 0.15) is 0 Å². The summed E-state index contributed by atoms with van der Waals surface area (Å²) in [5, 5.41) is 0. The highest BCUT2D eigenvalue weighted by Crippen LogP contribution is 2.39. The van der Waals surface area contributed by atoms with E-state index in [1.54, 1.807) is 6.08 Å². The minimum absolute atomic E-state index is 0.0387. The molecule has 0 amide bonds.